The predicted octanol–water partition coefficient (Wildman–Crippen LogP) is 7.62. The Labute approximate surface area is 164 Å². The van der Waals surface area contributed by atoms with Gasteiger partial charge in [0.2, 0.25) is 0 Å². The first-order valence-corrected chi connectivity index (χ1v) is 10.3. The monoisotopic (exact) mass is 356 g/mol. The standard InChI is InChI=1S/C26H30N/c1-2-3-4-5-6-13-21-27-25-20-14-19-24(22-15-9-7-10-16-22)26(25)23-17-11-8-12-18-23/h7-12,14-20H,2-6,13,21H2,1H3. The molecule has 0 atom stereocenters. The third kappa shape index (κ3) is 5.47. The van der Waals surface area contributed by atoms with Crippen LogP contribution in [-0.4, -0.2) is 6.54 Å². The van der Waals surface area contributed by atoms with Crippen LogP contribution in [-0.2, 0) is 0 Å². The zero-order valence-corrected chi connectivity index (χ0v) is 16.4. The molecule has 3 aromatic rings. The van der Waals surface area contributed by atoms with E-state index in [9.17, 15) is 0 Å². The molecular formula is C26H30N. The molecule has 0 aliphatic carbocycles. The Kier molecular flexibility index (Phi) is 7.53. The van der Waals surface area contributed by atoms with Crippen molar-refractivity contribution in [1.29, 1.82) is 0 Å². The molecule has 0 fully saturated rings. The van der Waals surface area contributed by atoms with Gasteiger partial charge >= 0.3 is 0 Å². The summed E-state index contributed by atoms with van der Waals surface area (Å²) in [7, 11) is 0. The third-order valence-electron chi connectivity index (χ3n) is 4.98. The van der Waals surface area contributed by atoms with Crippen molar-refractivity contribution < 1.29 is 0 Å². The summed E-state index contributed by atoms with van der Waals surface area (Å²) in [6.45, 7) is 3.17. The van der Waals surface area contributed by atoms with Crippen LogP contribution in [0.25, 0.3) is 22.3 Å². The first-order chi connectivity index (χ1) is 13.4. The van der Waals surface area contributed by atoms with Gasteiger partial charge in [-0.15, -0.1) is 0 Å². The predicted molar refractivity (Wildman–Crippen MR) is 117 cm³/mol. The van der Waals surface area contributed by atoms with Gasteiger partial charge in [-0.2, -0.15) is 0 Å². The summed E-state index contributed by atoms with van der Waals surface area (Å²) in [5.74, 6) is 0. The highest BCUT2D eigenvalue weighted by Crippen LogP contribution is 2.37. The summed E-state index contributed by atoms with van der Waals surface area (Å²) in [5.41, 5.74) is 6.09. The number of rotatable bonds is 10. The zero-order chi connectivity index (χ0) is 18.7. The number of hydrogen-bond acceptors (Lipinski definition) is 0. The SMILES string of the molecule is CCCCCCCC[N]c1cccc(-c2ccccc2)c1-c1ccccc1. The lowest BCUT2D eigenvalue weighted by molar-refractivity contribution is 0.597. The summed E-state index contributed by atoms with van der Waals surface area (Å²) < 4.78 is 0. The molecule has 0 bridgehead atoms. The molecule has 1 heteroatoms. The van der Waals surface area contributed by atoms with E-state index in [2.05, 4.69) is 85.8 Å². The van der Waals surface area contributed by atoms with Crippen LogP contribution in [0.4, 0.5) is 5.69 Å². The summed E-state index contributed by atoms with van der Waals surface area (Å²) >= 11 is 0. The Balaban J connectivity index is 1.79. The maximum atomic E-state index is 4.99. The fourth-order valence-corrected chi connectivity index (χ4v) is 3.53. The fourth-order valence-electron chi connectivity index (χ4n) is 3.53. The summed E-state index contributed by atoms with van der Waals surface area (Å²) in [6.07, 6.45) is 7.80. The molecule has 27 heavy (non-hydrogen) atoms. The molecule has 0 amide bonds. The van der Waals surface area contributed by atoms with Gasteiger partial charge in [0.05, 0.1) is 5.69 Å². The Morgan fingerprint density at radius 2 is 1.22 bits per heavy atom. The lowest BCUT2D eigenvalue weighted by atomic mass is 9.93. The van der Waals surface area contributed by atoms with E-state index >= 15 is 0 Å². The van der Waals surface area contributed by atoms with Gasteiger partial charge in [0, 0.05) is 12.1 Å². The minimum atomic E-state index is 0.907. The lowest BCUT2D eigenvalue weighted by Crippen LogP contribution is -2.02. The highest BCUT2D eigenvalue weighted by Gasteiger charge is 2.12. The molecule has 0 saturated heterocycles. The molecule has 3 aromatic carbocycles. The molecule has 139 valence electrons. The molecule has 0 aromatic heterocycles. The van der Waals surface area contributed by atoms with Crippen molar-refractivity contribution in [2.45, 2.75) is 45.4 Å². The first-order valence-electron chi connectivity index (χ1n) is 10.3. The van der Waals surface area contributed by atoms with Crippen LogP contribution < -0.4 is 5.32 Å². The van der Waals surface area contributed by atoms with Crippen LogP contribution in [0.1, 0.15) is 45.4 Å². The molecule has 0 heterocycles. The van der Waals surface area contributed by atoms with Gasteiger partial charge in [0.25, 0.3) is 0 Å². The van der Waals surface area contributed by atoms with Crippen LogP contribution in [0.5, 0.6) is 0 Å². The Hall–Kier alpha value is -2.54. The molecule has 0 N–H and O–H groups in total. The van der Waals surface area contributed by atoms with Gasteiger partial charge in [0.15, 0.2) is 0 Å². The lowest BCUT2D eigenvalue weighted by Gasteiger charge is -2.15. The smallest absolute Gasteiger partial charge is 0.0658 e. The molecule has 1 radical (unpaired) electrons. The minimum Gasteiger partial charge on any atom is -0.285 e. The topological polar surface area (TPSA) is 14.1 Å². The van der Waals surface area contributed by atoms with Crippen LogP contribution in [0.3, 0.4) is 0 Å². The number of nitrogens with zero attached hydrogens (tertiary/aromatic N) is 1. The zero-order valence-electron chi connectivity index (χ0n) is 16.4. The third-order valence-corrected chi connectivity index (χ3v) is 4.98. The second-order valence-corrected chi connectivity index (χ2v) is 7.08. The van der Waals surface area contributed by atoms with Gasteiger partial charge in [-0.1, -0.05) is 112 Å². The highest BCUT2D eigenvalue weighted by molar-refractivity contribution is 5.90. The van der Waals surface area contributed by atoms with E-state index in [4.69, 9.17) is 5.32 Å². The van der Waals surface area contributed by atoms with E-state index < -0.39 is 0 Å². The van der Waals surface area contributed by atoms with E-state index in [1.54, 1.807) is 0 Å². The maximum absolute atomic E-state index is 4.99. The number of benzene rings is 3. The minimum absolute atomic E-state index is 0.907. The molecule has 1 nitrogen and oxygen atoms in total. The molecule has 0 unspecified atom stereocenters. The second kappa shape index (κ2) is 10.6. The molecule has 0 spiro atoms. The molecule has 0 saturated carbocycles. The van der Waals surface area contributed by atoms with Crippen molar-refractivity contribution in [3.63, 3.8) is 0 Å². The second-order valence-electron chi connectivity index (χ2n) is 7.08. The van der Waals surface area contributed by atoms with Crippen LogP contribution >= 0.6 is 0 Å². The maximum Gasteiger partial charge on any atom is 0.0658 e. The first kappa shape index (κ1) is 19.2. The molecule has 0 aliphatic heterocycles. The van der Waals surface area contributed by atoms with Crippen molar-refractivity contribution in [1.82, 2.24) is 5.32 Å². The Morgan fingerprint density at radius 1 is 0.593 bits per heavy atom. The Bertz CT molecular complexity index is 793. The van der Waals surface area contributed by atoms with E-state index in [1.807, 2.05) is 0 Å². The number of hydrogen-bond donors (Lipinski definition) is 0. The van der Waals surface area contributed by atoms with Crippen LogP contribution in [0.15, 0.2) is 78.9 Å². The van der Waals surface area contributed by atoms with Gasteiger partial charge in [-0.3, -0.25) is 5.32 Å². The quantitative estimate of drug-likeness (QED) is 0.332. The molecule has 3 rings (SSSR count). The van der Waals surface area contributed by atoms with E-state index in [-0.39, 0.29) is 0 Å². The van der Waals surface area contributed by atoms with Gasteiger partial charge in [0.1, 0.15) is 0 Å². The summed E-state index contributed by atoms with van der Waals surface area (Å²) in [5, 5.41) is 4.99. The number of unbranched alkanes of at least 4 members (excludes halogenated alkanes) is 5. The van der Waals surface area contributed by atoms with Crippen molar-refractivity contribution in [3.8, 4) is 22.3 Å². The van der Waals surface area contributed by atoms with Gasteiger partial charge in [-0.25, -0.2) is 0 Å². The average Bonchev–Trinajstić information content (AvgIpc) is 2.74. The highest BCUT2D eigenvalue weighted by atomic mass is 14.9. The van der Waals surface area contributed by atoms with Crippen molar-refractivity contribution in [2.24, 2.45) is 0 Å². The van der Waals surface area contributed by atoms with Crippen molar-refractivity contribution in [2.75, 3.05) is 6.54 Å². The van der Waals surface area contributed by atoms with Gasteiger partial charge in [-0.05, 0) is 29.2 Å². The van der Waals surface area contributed by atoms with Crippen LogP contribution in [0.2, 0.25) is 0 Å². The molecular weight excluding hydrogens is 326 g/mol. The van der Waals surface area contributed by atoms with E-state index in [0.717, 1.165) is 12.2 Å². The molecule has 0 aliphatic rings. The summed E-state index contributed by atoms with van der Waals surface area (Å²) in [4.78, 5) is 0. The van der Waals surface area contributed by atoms with E-state index in [1.165, 1.54) is 60.8 Å². The largest absolute Gasteiger partial charge is 0.285 e. The Morgan fingerprint density at radius 3 is 1.93 bits per heavy atom. The summed E-state index contributed by atoms with van der Waals surface area (Å²) in [6, 6.07) is 27.8. The van der Waals surface area contributed by atoms with Crippen molar-refractivity contribution >= 4 is 5.69 Å². The normalized spacial score (nSPS) is 10.7. The fraction of sp³-hybridized carbons (Fsp3) is 0.308. The van der Waals surface area contributed by atoms with E-state index in [0.29, 0.717) is 0 Å². The van der Waals surface area contributed by atoms with Gasteiger partial charge < -0.3 is 0 Å². The van der Waals surface area contributed by atoms with Crippen molar-refractivity contribution in [3.05, 3.63) is 78.9 Å². The van der Waals surface area contributed by atoms with Crippen LogP contribution in [0, 0.1) is 0 Å². The average molecular weight is 357 g/mol.